The first-order valence-electron chi connectivity index (χ1n) is 11.7. The predicted molar refractivity (Wildman–Crippen MR) is 147 cm³/mol. The maximum absolute atomic E-state index is 13.8. The second kappa shape index (κ2) is 12.4. The fraction of sp³-hybridized carbons (Fsp3) is 0.259. The van der Waals surface area contributed by atoms with Crippen molar-refractivity contribution in [3.05, 3.63) is 94.0 Å². The number of sulfonamides is 1. The molecule has 0 unspecified atom stereocenters. The summed E-state index contributed by atoms with van der Waals surface area (Å²) in [5, 5.41) is 3.53. The van der Waals surface area contributed by atoms with Crippen LogP contribution in [0.5, 0.6) is 0 Å². The SMILES string of the molecule is CC[C@@H](C(=O)NC)N(Cc1ccc(Cl)cc1)C(=O)CN(c1cccc(C)c1)S(=O)(=O)c1ccc(Cl)cc1. The minimum Gasteiger partial charge on any atom is -0.357 e. The number of amides is 2. The van der Waals surface area contributed by atoms with Crippen molar-refractivity contribution in [2.75, 3.05) is 17.9 Å². The Morgan fingerprint density at radius 1 is 0.946 bits per heavy atom. The first kappa shape index (κ1) is 28.5. The van der Waals surface area contributed by atoms with Gasteiger partial charge in [0.25, 0.3) is 10.0 Å². The van der Waals surface area contributed by atoms with Gasteiger partial charge in [0.15, 0.2) is 0 Å². The summed E-state index contributed by atoms with van der Waals surface area (Å²) in [6.45, 7) is 3.23. The van der Waals surface area contributed by atoms with Crippen LogP contribution in [0.3, 0.4) is 0 Å². The second-order valence-corrected chi connectivity index (χ2v) is 11.2. The molecule has 0 saturated heterocycles. The van der Waals surface area contributed by atoms with Crippen LogP contribution in [-0.2, 0) is 26.2 Å². The molecule has 0 aliphatic heterocycles. The van der Waals surface area contributed by atoms with E-state index < -0.39 is 28.5 Å². The van der Waals surface area contributed by atoms with E-state index in [1.54, 1.807) is 49.4 Å². The number of nitrogens with one attached hydrogen (secondary N) is 1. The molecule has 196 valence electrons. The Morgan fingerprint density at radius 3 is 2.08 bits per heavy atom. The highest BCUT2D eigenvalue weighted by Gasteiger charge is 2.33. The Labute approximate surface area is 228 Å². The molecule has 0 saturated carbocycles. The van der Waals surface area contributed by atoms with Crippen molar-refractivity contribution in [1.82, 2.24) is 10.2 Å². The summed E-state index contributed by atoms with van der Waals surface area (Å²) < 4.78 is 28.6. The number of benzene rings is 3. The third kappa shape index (κ3) is 7.03. The third-order valence-corrected chi connectivity index (χ3v) is 8.16. The van der Waals surface area contributed by atoms with Crippen molar-refractivity contribution < 1.29 is 18.0 Å². The molecule has 0 bridgehead atoms. The first-order chi connectivity index (χ1) is 17.6. The van der Waals surface area contributed by atoms with Gasteiger partial charge in [-0.05, 0) is 73.0 Å². The summed E-state index contributed by atoms with van der Waals surface area (Å²) in [7, 11) is -2.64. The van der Waals surface area contributed by atoms with E-state index in [-0.39, 0.29) is 17.3 Å². The lowest BCUT2D eigenvalue weighted by Crippen LogP contribution is -2.51. The Morgan fingerprint density at radius 2 is 1.54 bits per heavy atom. The number of halogens is 2. The fourth-order valence-electron chi connectivity index (χ4n) is 3.92. The number of anilines is 1. The molecular weight excluding hydrogens is 533 g/mol. The Hall–Kier alpha value is -3.07. The van der Waals surface area contributed by atoms with Gasteiger partial charge < -0.3 is 10.2 Å². The van der Waals surface area contributed by atoms with Crippen LogP contribution in [-0.4, -0.2) is 44.8 Å². The van der Waals surface area contributed by atoms with Crippen molar-refractivity contribution in [1.29, 1.82) is 0 Å². The van der Waals surface area contributed by atoms with Gasteiger partial charge in [0.2, 0.25) is 11.8 Å². The molecule has 0 aliphatic rings. The van der Waals surface area contributed by atoms with E-state index in [0.717, 1.165) is 15.4 Å². The summed E-state index contributed by atoms with van der Waals surface area (Å²) in [5.41, 5.74) is 1.92. The molecule has 3 aromatic rings. The van der Waals surface area contributed by atoms with Crippen molar-refractivity contribution in [2.24, 2.45) is 0 Å². The van der Waals surface area contributed by atoms with Crippen LogP contribution >= 0.6 is 23.2 Å². The van der Waals surface area contributed by atoms with Crippen LogP contribution in [0.15, 0.2) is 77.7 Å². The van der Waals surface area contributed by atoms with E-state index in [0.29, 0.717) is 22.2 Å². The summed E-state index contributed by atoms with van der Waals surface area (Å²) in [5.74, 6) is -0.864. The number of hydrogen-bond acceptors (Lipinski definition) is 4. The van der Waals surface area contributed by atoms with Crippen molar-refractivity contribution >= 4 is 50.7 Å². The van der Waals surface area contributed by atoms with E-state index in [1.807, 2.05) is 13.0 Å². The smallest absolute Gasteiger partial charge is 0.264 e. The largest absolute Gasteiger partial charge is 0.357 e. The third-order valence-electron chi connectivity index (χ3n) is 5.87. The Balaban J connectivity index is 2.05. The van der Waals surface area contributed by atoms with Gasteiger partial charge in [0.1, 0.15) is 12.6 Å². The Kier molecular flexibility index (Phi) is 9.59. The molecule has 10 heteroatoms. The number of hydrogen-bond donors (Lipinski definition) is 1. The second-order valence-electron chi connectivity index (χ2n) is 8.49. The standard InChI is InChI=1S/C27H29Cl2N3O4S/c1-4-25(27(34)30-3)31(17-20-8-10-21(28)11-9-20)26(33)18-32(23-7-5-6-19(2)16-23)37(35,36)24-14-12-22(29)13-15-24/h5-16,25H,4,17-18H2,1-3H3,(H,30,34)/t25-/m0/s1. The number of carbonyl (C=O) groups excluding carboxylic acids is 2. The van der Waals surface area contributed by atoms with Gasteiger partial charge in [-0.15, -0.1) is 0 Å². The molecule has 0 fully saturated rings. The topological polar surface area (TPSA) is 86.8 Å². The number of likely N-dealkylation sites (N-methyl/N-ethyl adjacent to an activating group) is 1. The van der Waals surface area contributed by atoms with Crippen molar-refractivity contribution in [3.8, 4) is 0 Å². The average Bonchev–Trinajstić information content (AvgIpc) is 2.88. The molecular formula is C27H29Cl2N3O4S. The quantitative estimate of drug-likeness (QED) is 0.375. The highest BCUT2D eigenvalue weighted by molar-refractivity contribution is 7.92. The van der Waals surface area contributed by atoms with E-state index in [2.05, 4.69) is 5.32 Å². The van der Waals surface area contributed by atoms with Crippen LogP contribution in [0.25, 0.3) is 0 Å². The maximum Gasteiger partial charge on any atom is 0.264 e. The molecule has 0 aliphatic carbocycles. The first-order valence-corrected chi connectivity index (χ1v) is 13.9. The normalized spacial score (nSPS) is 12.0. The van der Waals surface area contributed by atoms with Gasteiger partial charge in [-0.3, -0.25) is 13.9 Å². The van der Waals surface area contributed by atoms with Crippen LogP contribution in [0.4, 0.5) is 5.69 Å². The van der Waals surface area contributed by atoms with E-state index in [1.165, 1.54) is 36.2 Å². The summed E-state index contributed by atoms with van der Waals surface area (Å²) in [6, 6.07) is 18.8. The monoisotopic (exact) mass is 561 g/mol. The lowest BCUT2D eigenvalue weighted by molar-refractivity contribution is -0.140. The molecule has 1 N–H and O–H groups in total. The van der Waals surface area contributed by atoms with Crippen LogP contribution in [0.1, 0.15) is 24.5 Å². The van der Waals surface area contributed by atoms with Gasteiger partial charge >= 0.3 is 0 Å². The minimum atomic E-state index is -4.14. The van der Waals surface area contributed by atoms with Crippen LogP contribution in [0, 0.1) is 6.92 Å². The molecule has 0 aromatic heterocycles. The van der Waals surface area contributed by atoms with Crippen LogP contribution in [0.2, 0.25) is 10.0 Å². The zero-order valence-electron chi connectivity index (χ0n) is 20.8. The van der Waals surface area contributed by atoms with E-state index in [9.17, 15) is 18.0 Å². The van der Waals surface area contributed by atoms with Crippen LogP contribution < -0.4 is 9.62 Å². The molecule has 0 radical (unpaired) electrons. The lowest BCUT2D eigenvalue weighted by atomic mass is 10.1. The molecule has 3 aromatic carbocycles. The molecule has 7 nitrogen and oxygen atoms in total. The molecule has 1 atom stereocenters. The molecule has 0 heterocycles. The van der Waals surface area contributed by atoms with Gasteiger partial charge in [0.05, 0.1) is 10.6 Å². The Bertz CT molecular complexity index is 1350. The summed E-state index contributed by atoms with van der Waals surface area (Å²) >= 11 is 12.0. The fourth-order valence-corrected chi connectivity index (χ4v) is 5.58. The van der Waals surface area contributed by atoms with Crippen molar-refractivity contribution in [3.63, 3.8) is 0 Å². The van der Waals surface area contributed by atoms with Gasteiger partial charge in [-0.25, -0.2) is 8.42 Å². The highest BCUT2D eigenvalue weighted by atomic mass is 35.5. The van der Waals surface area contributed by atoms with Crippen molar-refractivity contribution in [2.45, 2.75) is 37.8 Å². The van der Waals surface area contributed by atoms with E-state index in [4.69, 9.17) is 23.2 Å². The van der Waals surface area contributed by atoms with Gasteiger partial charge in [-0.2, -0.15) is 0 Å². The number of nitrogens with zero attached hydrogens (tertiary/aromatic N) is 2. The zero-order chi connectivity index (χ0) is 27.2. The number of rotatable bonds is 10. The average molecular weight is 563 g/mol. The summed E-state index contributed by atoms with van der Waals surface area (Å²) in [6.07, 6.45) is 0.341. The molecule has 37 heavy (non-hydrogen) atoms. The maximum atomic E-state index is 13.8. The molecule has 3 rings (SSSR count). The van der Waals surface area contributed by atoms with E-state index >= 15 is 0 Å². The summed E-state index contributed by atoms with van der Waals surface area (Å²) in [4.78, 5) is 27.9. The molecule has 0 spiro atoms. The zero-order valence-corrected chi connectivity index (χ0v) is 23.1. The molecule has 2 amide bonds. The minimum absolute atomic E-state index is 0.00574. The van der Waals surface area contributed by atoms with Gasteiger partial charge in [0, 0.05) is 23.6 Å². The number of carbonyl (C=O) groups is 2. The lowest BCUT2D eigenvalue weighted by Gasteiger charge is -2.33. The number of aryl methyl sites for hydroxylation is 1. The van der Waals surface area contributed by atoms with Gasteiger partial charge in [-0.1, -0.05) is 54.4 Å². The highest BCUT2D eigenvalue weighted by Crippen LogP contribution is 2.26. The predicted octanol–water partition coefficient (Wildman–Crippen LogP) is 5.05.